The first-order valence-electron chi connectivity index (χ1n) is 3.02. The fourth-order valence-corrected chi connectivity index (χ4v) is 1.66. The second kappa shape index (κ2) is 3.12. The summed E-state index contributed by atoms with van der Waals surface area (Å²) in [5.74, 6) is 0. The van der Waals surface area contributed by atoms with Crippen molar-refractivity contribution in [2.45, 2.75) is 18.9 Å². The molecule has 0 aromatic heterocycles. The van der Waals surface area contributed by atoms with Crippen LogP contribution in [0.1, 0.15) is 13.8 Å². The van der Waals surface area contributed by atoms with Crippen molar-refractivity contribution >= 4 is 28.9 Å². The average Bonchev–Trinajstić information content (AvgIpc) is 1.88. The van der Waals surface area contributed by atoms with Crippen LogP contribution in [0.5, 0.6) is 0 Å². The molecule has 0 aromatic carbocycles. The van der Waals surface area contributed by atoms with E-state index in [4.69, 9.17) is 22.2 Å². The lowest BCUT2D eigenvalue weighted by Gasteiger charge is -2.28. The third kappa shape index (κ3) is 1.88. The second-order valence-corrected chi connectivity index (χ2v) is 9.85. The third-order valence-corrected chi connectivity index (χ3v) is 7.91. The molecule has 0 rings (SSSR count). The molecule has 0 radical (unpaired) electrons. The number of rotatable bonds is 3. The lowest BCUT2D eigenvalue weighted by atomic mass is 10.2. The molecule has 0 saturated carbocycles. The summed E-state index contributed by atoms with van der Waals surface area (Å²) in [5, 5.41) is -0.197. The normalized spacial score (nSPS) is 12.8. The molecule has 10 heavy (non-hydrogen) atoms. The van der Waals surface area contributed by atoms with Gasteiger partial charge in [-0.15, -0.1) is 35.3 Å². The summed E-state index contributed by atoms with van der Waals surface area (Å²) in [6.45, 7) is 8.88. The molecule has 0 aliphatic carbocycles. The van der Waals surface area contributed by atoms with Crippen molar-refractivity contribution in [1.29, 1.82) is 0 Å². The zero-order chi connectivity index (χ0) is 8.41. The Kier molecular flexibility index (Phi) is 3.20. The molecule has 0 atom stereocenters. The lowest BCUT2D eigenvalue weighted by Crippen LogP contribution is -2.30. The van der Waals surface area contributed by atoms with Gasteiger partial charge in [-0.2, -0.15) is 0 Å². The number of allylic oxidation sites excluding steroid dienone is 1. The number of hydrogen-bond donors (Lipinski definition) is 0. The lowest BCUT2D eigenvalue weighted by molar-refractivity contribution is 0.844. The van der Waals surface area contributed by atoms with Crippen molar-refractivity contribution in [1.82, 2.24) is 0 Å². The molecule has 0 amide bonds. The minimum atomic E-state index is -2.31. The molecule has 0 aliphatic heterocycles. The van der Waals surface area contributed by atoms with Gasteiger partial charge in [-0.1, -0.05) is 25.6 Å². The van der Waals surface area contributed by atoms with Crippen LogP contribution in [-0.4, -0.2) is 6.69 Å². The molecular weight excluding hydrogens is 183 g/mol. The fourth-order valence-electron chi connectivity index (χ4n) is 0.399. The summed E-state index contributed by atoms with van der Waals surface area (Å²) in [4.78, 5) is 0. The van der Waals surface area contributed by atoms with Crippen LogP contribution in [-0.2, 0) is 0 Å². The summed E-state index contributed by atoms with van der Waals surface area (Å²) < 4.78 is 0. The van der Waals surface area contributed by atoms with E-state index in [9.17, 15) is 0 Å². The Bertz CT molecular complexity index is 132. The van der Waals surface area contributed by atoms with Crippen molar-refractivity contribution in [2.24, 2.45) is 0 Å². The summed E-state index contributed by atoms with van der Waals surface area (Å²) >= 11 is 12.1. The Morgan fingerprint density at radius 2 is 1.70 bits per heavy atom. The van der Waals surface area contributed by atoms with Crippen LogP contribution in [0.2, 0.25) is 5.04 Å². The zero-order valence-electron chi connectivity index (χ0n) is 6.32. The van der Waals surface area contributed by atoms with Crippen molar-refractivity contribution < 1.29 is 0 Å². The largest absolute Gasteiger partial charge is 0.282 e. The number of hydrogen-bond acceptors (Lipinski definition) is 0. The van der Waals surface area contributed by atoms with Crippen LogP contribution in [0.15, 0.2) is 24.9 Å². The van der Waals surface area contributed by atoms with Gasteiger partial charge in [0.2, 0.25) is 0 Å². The second-order valence-electron chi connectivity index (χ2n) is 2.75. The highest BCUT2D eigenvalue weighted by molar-refractivity contribution is 7.48. The minimum Gasteiger partial charge on any atom is -0.139 e. The topological polar surface area (TPSA) is 0 Å². The third-order valence-electron chi connectivity index (χ3n) is 1.63. The van der Waals surface area contributed by atoms with Gasteiger partial charge in [0.05, 0.1) is 0 Å². The molecule has 3 heteroatoms. The maximum Gasteiger partial charge on any atom is 0.282 e. The Morgan fingerprint density at radius 1 is 1.30 bits per heavy atom. The van der Waals surface area contributed by atoms with E-state index >= 15 is 0 Å². The van der Waals surface area contributed by atoms with Crippen LogP contribution in [0.25, 0.3) is 0 Å². The molecule has 0 fully saturated rings. The van der Waals surface area contributed by atoms with E-state index in [1.54, 1.807) is 11.8 Å². The molecule has 0 saturated heterocycles. The van der Waals surface area contributed by atoms with Crippen molar-refractivity contribution in [3.63, 3.8) is 0 Å². The van der Waals surface area contributed by atoms with Crippen molar-refractivity contribution in [3.05, 3.63) is 24.9 Å². The van der Waals surface area contributed by atoms with E-state index in [0.29, 0.717) is 0 Å². The average molecular weight is 195 g/mol. The van der Waals surface area contributed by atoms with Gasteiger partial charge in [0, 0.05) is 5.04 Å². The Labute approximate surface area is 72.9 Å². The standard InChI is InChI=1S/C7H12Cl2Si/c1-5-7(3,4)10(8,9)6-2/h5-6H,1-2H2,3-4H3. The zero-order valence-corrected chi connectivity index (χ0v) is 8.84. The first-order valence-corrected chi connectivity index (χ1v) is 7.12. The quantitative estimate of drug-likeness (QED) is 0.366. The van der Waals surface area contributed by atoms with Crippen LogP contribution in [0, 0.1) is 0 Å². The molecule has 0 unspecified atom stereocenters. The van der Waals surface area contributed by atoms with Gasteiger partial charge in [0.25, 0.3) is 6.69 Å². The maximum absolute atomic E-state index is 6.03. The molecular formula is C7H12Cl2Si. The first kappa shape index (κ1) is 10.3. The van der Waals surface area contributed by atoms with Crippen LogP contribution >= 0.6 is 22.2 Å². The van der Waals surface area contributed by atoms with Gasteiger partial charge in [-0.3, -0.25) is 0 Å². The molecule has 0 spiro atoms. The van der Waals surface area contributed by atoms with Gasteiger partial charge in [-0.25, -0.2) is 0 Å². The van der Waals surface area contributed by atoms with Crippen LogP contribution in [0.4, 0.5) is 0 Å². The molecule has 0 aliphatic rings. The van der Waals surface area contributed by atoms with E-state index in [1.807, 2.05) is 13.8 Å². The van der Waals surface area contributed by atoms with E-state index in [0.717, 1.165) is 0 Å². The minimum absolute atomic E-state index is 0.197. The molecule has 0 aromatic rings. The highest BCUT2D eigenvalue weighted by Crippen LogP contribution is 2.43. The molecule has 0 bridgehead atoms. The van der Waals surface area contributed by atoms with Crippen molar-refractivity contribution in [2.75, 3.05) is 0 Å². The van der Waals surface area contributed by atoms with Crippen LogP contribution < -0.4 is 0 Å². The van der Waals surface area contributed by atoms with E-state index in [1.165, 1.54) is 0 Å². The van der Waals surface area contributed by atoms with Crippen LogP contribution in [0.3, 0.4) is 0 Å². The fraction of sp³-hybridized carbons (Fsp3) is 0.429. The van der Waals surface area contributed by atoms with Gasteiger partial charge < -0.3 is 0 Å². The van der Waals surface area contributed by atoms with E-state index in [-0.39, 0.29) is 5.04 Å². The van der Waals surface area contributed by atoms with Gasteiger partial charge >= 0.3 is 0 Å². The molecule has 0 nitrogen and oxygen atoms in total. The Balaban J connectivity index is 4.59. The summed E-state index contributed by atoms with van der Waals surface area (Å²) in [7, 11) is 0. The number of halogens is 2. The monoisotopic (exact) mass is 194 g/mol. The molecule has 0 heterocycles. The first-order chi connectivity index (χ1) is 4.37. The Hall–Kier alpha value is 0.277. The highest BCUT2D eigenvalue weighted by Gasteiger charge is 2.40. The summed E-state index contributed by atoms with van der Waals surface area (Å²) in [6.07, 6.45) is 1.78. The predicted molar refractivity (Wildman–Crippen MR) is 51.9 cm³/mol. The SMILES string of the molecule is C=CC(C)(C)[Si](Cl)(Cl)C=C. The summed E-state index contributed by atoms with van der Waals surface area (Å²) in [6, 6.07) is 0. The Morgan fingerprint density at radius 3 is 1.80 bits per heavy atom. The molecule has 0 N–H and O–H groups in total. The summed E-state index contributed by atoms with van der Waals surface area (Å²) in [5.41, 5.74) is 1.65. The van der Waals surface area contributed by atoms with Gasteiger partial charge in [0.15, 0.2) is 0 Å². The van der Waals surface area contributed by atoms with Gasteiger partial charge in [-0.05, 0) is 0 Å². The van der Waals surface area contributed by atoms with Crippen molar-refractivity contribution in [3.8, 4) is 0 Å². The highest BCUT2D eigenvalue weighted by atomic mass is 35.7. The smallest absolute Gasteiger partial charge is 0.139 e. The molecule has 58 valence electrons. The predicted octanol–water partition coefficient (Wildman–Crippen LogP) is 3.60. The van der Waals surface area contributed by atoms with Gasteiger partial charge in [0.1, 0.15) is 0 Å². The maximum atomic E-state index is 6.03. The van der Waals surface area contributed by atoms with E-state index in [2.05, 4.69) is 13.2 Å². The van der Waals surface area contributed by atoms with E-state index < -0.39 is 6.69 Å².